The number of thiophene rings is 8. The van der Waals surface area contributed by atoms with Crippen LogP contribution in [0.1, 0.15) is 328 Å². The Bertz CT molecular complexity index is 7110. The van der Waals surface area contributed by atoms with E-state index in [-0.39, 0.29) is 0 Å². The number of hydrogen-bond donors (Lipinski definition) is 0. The monoisotopic (exact) mass is 2180 g/mol. The van der Waals surface area contributed by atoms with Gasteiger partial charge in [-0.15, -0.1) is 90.7 Å². The van der Waals surface area contributed by atoms with Crippen LogP contribution in [-0.2, 0) is 56.8 Å². The highest BCUT2D eigenvalue weighted by Crippen LogP contribution is 2.66. The molecule has 8 aromatic carbocycles. The van der Waals surface area contributed by atoms with Crippen molar-refractivity contribution in [3.05, 3.63) is 258 Å². The second kappa shape index (κ2) is 48.5. The van der Waals surface area contributed by atoms with Gasteiger partial charge in [0.25, 0.3) is 0 Å². The van der Waals surface area contributed by atoms with Gasteiger partial charge in [-0.1, -0.05) is 307 Å². The van der Waals surface area contributed by atoms with E-state index in [2.05, 4.69) is 247 Å². The Morgan fingerprint density at radius 3 is 0.557 bits per heavy atom. The summed E-state index contributed by atoms with van der Waals surface area (Å²) < 4.78 is 41.8. The fraction of sp³-hybridized carbons (Fsp3) is 0.380. The van der Waals surface area contributed by atoms with E-state index in [4.69, 9.17) is 35.0 Å². The molecule has 12 aromatic heterocycles. The normalized spacial score (nSPS) is 12.6. The molecule has 0 atom stereocenters. The standard InChI is InChI=1S/C129H136N8S12/c1-9-17-25-33-41-81-65-109(138-77-81)97-57-61-101(121-117(97)130-146-134-121)113-73-85(45-37-29-21-13-5)125(142-113)89-49-53-93-94-54-50-90(126-86(46-38-30-22-14-6)74-114(143-126)102-62-58-98(118-122(102)135-147-131-118)110-66-82(78-139-110)42-34-26-18-10-2)70-106(94)129(105(93)69-89)107-71-91(127-87(47-39-31-23-15-7)75-115(144-127)103-63-59-99(119-123(103)136-148-132-119)111-67-83(79-140-111)43-35-27-19-11-3)51-55-95(107)96-56-52-92(72-108(96)129)128-88(48-40-32-24-16-8)76-116(145-128)104-64-60-100(120-124(104)137-149-133-120)112-68-84(80-141-112)44-36-28-20-12-4/h49-80H,9-48H2,1-8H3. The smallest absolute Gasteiger partial charge is 0.114 e. The molecule has 0 aliphatic heterocycles. The van der Waals surface area contributed by atoms with Crippen LogP contribution in [0.4, 0.5) is 0 Å². The average Bonchev–Trinajstić information content (AvgIpc) is 1.50. The zero-order valence-electron chi connectivity index (χ0n) is 87.7. The van der Waals surface area contributed by atoms with Crippen LogP contribution in [0, 0.1) is 0 Å². The van der Waals surface area contributed by atoms with E-state index in [0.29, 0.717) is 0 Å². The summed E-state index contributed by atoms with van der Waals surface area (Å²) in [6.45, 7) is 18.6. The summed E-state index contributed by atoms with van der Waals surface area (Å²) in [6, 6.07) is 70.3. The maximum Gasteiger partial charge on any atom is 0.114 e. The summed E-state index contributed by atoms with van der Waals surface area (Å²) in [5, 5.41) is 9.54. The van der Waals surface area contributed by atoms with Crippen molar-refractivity contribution in [3.8, 4) is 148 Å². The van der Waals surface area contributed by atoms with Gasteiger partial charge in [-0.25, -0.2) is 0 Å². The number of rotatable bonds is 52. The molecule has 0 radical (unpaired) electrons. The third-order valence-electron chi connectivity index (χ3n) is 31.4. The van der Waals surface area contributed by atoms with Gasteiger partial charge in [-0.05, 0) is 308 Å². The molecule has 0 bridgehead atoms. The maximum atomic E-state index is 5.27. The molecule has 0 fully saturated rings. The van der Waals surface area contributed by atoms with Crippen molar-refractivity contribution in [1.29, 1.82) is 0 Å². The molecule has 0 amide bonds. The zero-order chi connectivity index (χ0) is 101. The first-order valence-electron chi connectivity index (χ1n) is 56.0. The lowest BCUT2D eigenvalue weighted by atomic mass is 9.69. The van der Waals surface area contributed by atoms with E-state index in [1.165, 1.54) is 441 Å². The number of hydrogen-bond acceptors (Lipinski definition) is 20. The van der Waals surface area contributed by atoms with Crippen LogP contribution in [0.15, 0.2) is 191 Å². The van der Waals surface area contributed by atoms with Gasteiger partial charge in [0.15, 0.2) is 0 Å². The molecule has 0 saturated carbocycles. The van der Waals surface area contributed by atoms with E-state index in [9.17, 15) is 0 Å². The largest absolute Gasteiger partial charge is 0.172 e. The Balaban J connectivity index is 0.757. The fourth-order valence-corrected chi connectivity index (χ4v) is 34.5. The molecule has 8 nitrogen and oxygen atoms in total. The van der Waals surface area contributed by atoms with Gasteiger partial charge < -0.3 is 0 Å². The Morgan fingerprint density at radius 2 is 0.362 bits per heavy atom. The lowest BCUT2D eigenvalue weighted by Gasteiger charge is -2.32. The number of nitrogens with zero attached hydrogens (tertiary/aromatic N) is 8. The molecular weight excluding hydrogens is 2050 g/mol. The van der Waals surface area contributed by atoms with Crippen LogP contribution >= 0.6 is 138 Å². The number of aryl methyl sites for hydroxylation is 8. The van der Waals surface area contributed by atoms with Gasteiger partial charge in [0.2, 0.25) is 0 Å². The Labute approximate surface area is 930 Å². The zero-order valence-corrected chi connectivity index (χ0v) is 97.5. The second-order valence-corrected chi connectivity index (χ2v) is 51.9. The van der Waals surface area contributed by atoms with Crippen molar-refractivity contribution < 1.29 is 0 Å². The molecule has 0 saturated heterocycles. The van der Waals surface area contributed by atoms with Crippen molar-refractivity contribution in [3.63, 3.8) is 0 Å². The summed E-state index contributed by atoms with van der Waals surface area (Å²) in [7, 11) is 0. The van der Waals surface area contributed by atoms with Gasteiger partial charge >= 0.3 is 0 Å². The van der Waals surface area contributed by atoms with E-state index in [1.54, 1.807) is 0 Å². The van der Waals surface area contributed by atoms with Crippen LogP contribution in [-0.4, -0.2) is 35.0 Å². The van der Waals surface area contributed by atoms with Crippen molar-refractivity contribution in [2.75, 3.05) is 0 Å². The minimum atomic E-state index is -0.841. The third kappa shape index (κ3) is 21.5. The number of benzene rings is 8. The van der Waals surface area contributed by atoms with E-state index in [1.807, 2.05) is 90.7 Å². The van der Waals surface area contributed by atoms with Crippen LogP contribution in [0.3, 0.4) is 0 Å². The Hall–Kier alpha value is -9.36. The molecule has 1 spiro atoms. The van der Waals surface area contributed by atoms with Crippen LogP contribution in [0.2, 0.25) is 0 Å². The lowest BCUT2D eigenvalue weighted by molar-refractivity contribution is 0.667. The van der Waals surface area contributed by atoms with Gasteiger partial charge in [0.1, 0.15) is 44.1 Å². The van der Waals surface area contributed by atoms with Crippen molar-refractivity contribution in [1.82, 2.24) is 35.0 Å². The van der Waals surface area contributed by atoms with Crippen molar-refractivity contribution >= 4 is 182 Å². The molecule has 764 valence electrons. The van der Waals surface area contributed by atoms with E-state index >= 15 is 0 Å². The molecule has 2 aliphatic rings. The first-order chi connectivity index (χ1) is 73.5. The van der Waals surface area contributed by atoms with Crippen molar-refractivity contribution in [2.45, 2.75) is 318 Å². The fourth-order valence-electron chi connectivity index (χ4n) is 23.4. The van der Waals surface area contributed by atoms with Crippen LogP contribution in [0.25, 0.3) is 192 Å². The van der Waals surface area contributed by atoms with E-state index < -0.39 is 5.41 Å². The minimum Gasteiger partial charge on any atom is -0.172 e. The predicted octanol–water partition coefficient (Wildman–Crippen LogP) is 43.5. The first-order valence-corrected chi connectivity index (χ1v) is 65.7. The highest BCUT2D eigenvalue weighted by Gasteiger charge is 2.53. The third-order valence-corrected chi connectivity index (χ3v) is 42.6. The van der Waals surface area contributed by atoms with Crippen molar-refractivity contribution in [2.24, 2.45) is 0 Å². The predicted molar refractivity (Wildman–Crippen MR) is 658 cm³/mol. The Morgan fingerprint density at radius 1 is 0.181 bits per heavy atom. The maximum absolute atomic E-state index is 5.27. The summed E-state index contributed by atoms with van der Waals surface area (Å²) in [5.74, 6) is 0. The number of aromatic nitrogens is 8. The molecule has 0 N–H and O–H groups in total. The highest BCUT2D eigenvalue weighted by molar-refractivity contribution is 7.21. The van der Waals surface area contributed by atoms with Crippen LogP contribution in [0.5, 0.6) is 0 Å². The first kappa shape index (κ1) is 104. The quantitative estimate of drug-likeness (QED) is 0.0347. The molecule has 20 aromatic rings. The number of fused-ring (bicyclic) bond motifs is 14. The minimum absolute atomic E-state index is 0.841. The highest BCUT2D eigenvalue weighted by atomic mass is 32.1. The molecule has 0 unspecified atom stereocenters. The van der Waals surface area contributed by atoms with Gasteiger partial charge in [-0.2, -0.15) is 35.0 Å². The van der Waals surface area contributed by atoms with Gasteiger partial charge in [0.05, 0.1) is 52.3 Å². The molecule has 149 heavy (non-hydrogen) atoms. The van der Waals surface area contributed by atoms with Crippen LogP contribution < -0.4 is 0 Å². The molecule has 12 heterocycles. The van der Waals surface area contributed by atoms with Gasteiger partial charge in [-0.3, -0.25) is 0 Å². The van der Waals surface area contributed by atoms with E-state index in [0.717, 1.165) is 121 Å². The molecule has 2 aliphatic carbocycles. The molecule has 22 rings (SSSR count). The summed E-state index contributed by atoms with van der Waals surface area (Å²) in [6.07, 6.45) is 47.2. The summed E-state index contributed by atoms with van der Waals surface area (Å²) >= 11 is 20.7. The average molecular weight is 2180 g/mol. The lowest BCUT2D eigenvalue weighted by Crippen LogP contribution is -2.26. The summed E-state index contributed by atoms with van der Waals surface area (Å²) in [4.78, 5) is 15.5. The topological polar surface area (TPSA) is 103 Å². The number of unbranched alkanes of at least 4 members (excludes halogenated alkanes) is 24. The van der Waals surface area contributed by atoms with Gasteiger partial charge in [0, 0.05) is 103 Å². The second-order valence-electron chi connectivity index (χ2n) is 41.9. The molecule has 20 heteroatoms. The summed E-state index contributed by atoms with van der Waals surface area (Å²) in [5.41, 5.74) is 43.6. The molecular formula is C129H136N8S12. The Kier molecular flexibility index (Phi) is 33.9. The SMILES string of the molecule is CCCCCCc1csc(-c2ccc(-c3cc(CCCCCC)c(-c4ccc5c(c4)C4(c6cc(-c7sc(-c8ccc(-c9cc(CCCCCC)cs9)c9nsnc89)cc7CCCCCC)ccc6-5)c5cc(-c6sc(-c7ccc(-c8cc(CCCCCC)cs8)c8nsnc78)cc6CCCCCC)ccc5-c5ccc(-c6sc(-c7ccc(-c8cc(CCCCCC)cs8)c8nsnc78)cc6CCCCCC)cc54)s3)c3nsnc23)c1.